The molecule has 2 aromatic carbocycles. The second-order valence-corrected chi connectivity index (χ2v) is 8.19. The molecule has 1 aliphatic carbocycles. The first kappa shape index (κ1) is 24.3. The summed E-state index contributed by atoms with van der Waals surface area (Å²) in [5.74, 6) is 0.755. The number of carbonyl (C=O) groups is 2. The normalized spacial score (nSPS) is 13.9. The highest BCUT2D eigenvalue weighted by molar-refractivity contribution is 7.80. The Balaban J connectivity index is 1.49. The minimum atomic E-state index is -0.370. The van der Waals surface area contributed by atoms with Gasteiger partial charge >= 0.3 is 0 Å². The van der Waals surface area contributed by atoms with Gasteiger partial charge in [-0.3, -0.25) is 14.9 Å². The maximum absolute atomic E-state index is 12.4. The highest BCUT2D eigenvalue weighted by atomic mass is 32.1. The predicted octanol–water partition coefficient (Wildman–Crippen LogP) is 4.29. The fourth-order valence-corrected chi connectivity index (χ4v) is 3.88. The number of nitrogens with one attached hydrogen (secondary N) is 3. The Bertz CT molecular complexity index is 1010. The molecule has 2 aromatic rings. The Morgan fingerprint density at radius 2 is 1.67 bits per heavy atom. The molecule has 1 fully saturated rings. The summed E-state index contributed by atoms with van der Waals surface area (Å²) in [6.45, 7) is 0. The fourth-order valence-electron chi connectivity index (χ4n) is 3.66. The molecule has 1 aliphatic rings. The molecule has 1 saturated carbocycles. The zero-order chi connectivity index (χ0) is 23.6. The third kappa shape index (κ3) is 7.32. The van der Waals surface area contributed by atoms with Crippen molar-refractivity contribution < 1.29 is 19.1 Å². The van der Waals surface area contributed by atoms with Gasteiger partial charge in [-0.15, -0.1) is 0 Å². The predicted molar refractivity (Wildman–Crippen MR) is 134 cm³/mol. The summed E-state index contributed by atoms with van der Waals surface area (Å²) in [5, 5.41) is 8.81. The molecule has 3 N–H and O–H groups in total. The van der Waals surface area contributed by atoms with Crippen LogP contribution in [0.15, 0.2) is 48.5 Å². The van der Waals surface area contributed by atoms with Crippen molar-refractivity contribution >= 4 is 40.9 Å². The van der Waals surface area contributed by atoms with Gasteiger partial charge in [0.1, 0.15) is 0 Å². The molecule has 0 spiro atoms. The molecule has 0 aromatic heterocycles. The van der Waals surface area contributed by atoms with Crippen LogP contribution >= 0.6 is 12.2 Å². The average Bonchev–Trinajstić information content (AvgIpc) is 2.83. The summed E-state index contributed by atoms with van der Waals surface area (Å²) in [4.78, 5) is 24.6. The zero-order valence-corrected chi connectivity index (χ0v) is 19.7. The summed E-state index contributed by atoms with van der Waals surface area (Å²) in [7, 11) is 3.12. The maximum Gasteiger partial charge on any atom is 0.251 e. The lowest BCUT2D eigenvalue weighted by molar-refractivity contribution is -0.115. The zero-order valence-electron chi connectivity index (χ0n) is 18.9. The topological polar surface area (TPSA) is 88.7 Å². The molecular weight excluding hydrogens is 438 g/mol. The van der Waals surface area contributed by atoms with E-state index in [9.17, 15) is 9.59 Å². The van der Waals surface area contributed by atoms with Gasteiger partial charge in [0.25, 0.3) is 5.91 Å². The summed E-state index contributed by atoms with van der Waals surface area (Å²) in [6, 6.07) is 12.6. The van der Waals surface area contributed by atoms with Gasteiger partial charge < -0.3 is 20.1 Å². The Morgan fingerprint density at radius 1 is 0.970 bits per heavy atom. The molecule has 0 radical (unpaired) electrons. The molecule has 3 rings (SSSR count). The van der Waals surface area contributed by atoms with Crippen LogP contribution in [0, 0.1) is 0 Å². The van der Waals surface area contributed by atoms with Crippen molar-refractivity contribution in [1.82, 2.24) is 10.6 Å². The van der Waals surface area contributed by atoms with Crippen LogP contribution < -0.4 is 25.4 Å². The van der Waals surface area contributed by atoms with Gasteiger partial charge in [0, 0.05) is 23.4 Å². The number of amides is 2. The lowest BCUT2D eigenvalue weighted by Gasteiger charge is -2.22. The van der Waals surface area contributed by atoms with Crippen LogP contribution in [-0.2, 0) is 4.79 Å². The van der Waals surface area contributed by atoms with Crippen molar-refractivity contribution in [3.63, 3.8) is 0 Å². The van der Waals surface area contributed by atoms with Gasteiger partial charge in [0.15, 0.2) is 16.6 Å². The van der Waals surface area contributed by atoms with Crippen LogP contribution in [0.5, 0.6) is 11.5 Å². The maximum atomic E-state index is 12.4. The third-order valence-corrected chi connectivity index (χ3v) is 5.62. The number of benzene rings is 2. The van der Waals surface area contributed by atoms with Gasteiger partial charge in [0.05, 0.1) is 14.2 Å². The van der Waals surface area contributed by atoms with Crippen molar-refractivity contribution in [3.8, 4) is 11.5 Å². The van der Waals surface area contributed by atoms with E-state index in [1.165, 1.54) is 25.3 Å². The number of methoxy groups -OCH3 is 2. The molecule has 0 saturated heterocycles. The third-order valence-electron chi connectivity index (χ3n) is 5.42. The van der Waals surface area contributed by atoms with Crippen LogP contribution in [0.1, 0.15) is 48.0 Å². The molecule has 2 amide bonds. The molecule has 0 aliphatic heterocycles. The fraction of sp³-hybridized carbons (Fsp3) is 0.320. The monoisotopic (exact) mass is 467 g/mol. The molecule has 7 nitrogen and oxygen atoms in total. The van der Waals surface area contributed by atoms with E-state index in [1.54, 1.807) is 56.7 Å². The Morgan fingerprint density at radius 3 is 2.33 bits per heavy atom. The standard InChI is InChI=1S/C25H29N3O4S/c1-31-21-14-8-17(16-22(21)32-2)9-15-23(29)28-25(33)27-20-12-10-18(11-13-20)24(30)26-19-6-4-3-5-7-19/h8-16,19H,3-7H2,1-2H3,(H,26,30)(H2,27,28,29,33)/b15-9+. The van der Waals surface area contributed by atoms with E-state index in [0.29, 0.717) is 22.7 Å². The van der Waals surface area contributed by atoms with E-state index in [-0.39, 0.29) is 23.0 Å². The molecule has 0 bridgehead atoms. The molecule has 8 heteroatoms. The molecule has 0 unspecified atom stereocenters. The minimum Gasteiger partial charge on any atom is -0.493 e. The lowest BCUT2D eigenvalue weighted by Crippen LogP contribution is -2.36. The first-order valence-electron chi connectivity index (χ1n) is 10.9. The smallest absolute Gasteiger partial charge is 0.251 e. The average molecular weight is 468 g/mol. The van der Waals surface area contributed by atoms with E-state index in [0.717, 1.165) is 18.4 Å². The van der Waals surface area contributed by atoms with Crippen LogP contribution in [-0.4, -0.2) is 37.2 Å². The van der Waals surface area contributed by atoms with Gasteiger partial charge in [-0.1, -0.05) is 25.3 Å². The Kier molecular flexibility index (Phi) is 8.83. The minimum absolute atomic E-state index is 0.0652. The van der Waals surface area contributed by atoms with E-state index in [4.69, 9.17) is 21.7 Å². The van der Waals surface area contributed by atoms with Crippen LogP contribution in [0.3, 0.4) is 0 Å². The summed E-state index contributed by atoms with van der Waals surface area (Å²) in [5.41, 5.74) is 2.06. The summed E-state index contributed by atoms with van der Waals surface area (Å²) < 4.78 is 10.5. The van der Waals surface area contributed by atoms with Crippen molar-refractivity contribution in [2.75, 3.05) is 19.5 Å². The van der Waals surface area contributed by atoms with Gasteiger partial charge in [-0.25, -0.2) is 0 Å². The first-order valence-corrected chi connectivity index (χ1v) is 11.3. The highest BCUT2D eigenvalue weighted by Gasteiger charge is 2.16. The summed E-state index contributed by atoms with van der Waals surface area (Å²) in [6.07, 6.45) is 8.70. The second kappa shape index (κ2) is 12.0. The molecular formula is C25H29N3O4S. The molecule has 0 atom stereocenters. The second-order valence-electron chi connectivity index (χ2n) is 7.78. The number of hydrogen-bond acceptors (Lipinski definition) is 5. The SMILES string of the molecule is COc1ccc(/C=C/C(=O)NC(=S)Nc2ccc(C(=O)NC3CCCCC3)cc2)cc1OC. The highest BCUT2D eigenvalue weighted by Crippen LogP contribution is 2.28. The van der Waals surface area contributed by atoms with Crippen molar-refractivity contribution in [2.24, 2.45) is 0 Å². The number of ether oxygens (including phenoxy) is 2. The van der Waals surface area contributed by atoms with Gasteiger partial charge in [0.2, 0.25) is 5.91 Å². The van der Waals surface area contributed by atoms with Crippen LogP contribution in [0.2, 0.25) is 0 Å². The number of thiocarbonyl (C=S) groups is 1. The summed E-state index contributed by atoms with van der Waals surface area (Å²) >= 11 is 5.22. The van der Waals surface area contributed by atoms with E-state index in [2.05, 4.69) is 16.0 Å². The molecule has 33 heavy (non-hydrogen) atoms. The van der Waals surface area contributed by atoms with Gasteiger partial charge in [-0.2, -0.15) is 0 Å². The first-order chi connectivity index (χ1) is 16.0. The quantitative estimate of drug-likeness (QED) is 0.416. The van der Waals surface area contributed by atoms with Crippen LogP contribution in [0.25, 0.3) is 6.08 Å². The van der Waals surface area contributed by atoms with E-state index < -0.39 is 0 Å². The lowest BCUT2D eigenvalue weighted by atomic mass is 9.95. The molecule has 0 heterocycles. The number of hydrogen-bond donors (Lipinski definition) is 3. The van der Waals surface area contributed by atoms with E-state index in [1.807, 2.05) is 6.07 Å². The van der Waals surface area contributed by atoms with Crippen LogP contribution in [0.4, 0.5) is 5.69 Å². The number of rotatable bonds is 7. The van der Waals surface area contributed by atoms with E-state index >= 15 is 0 Å². The number of anilines is 1. The largest absolute Gasteiger partial charge is 0.493 e. The van der Waals surface area contributed by atoms with Gasteiger partial charge in [-0.05, 0) is 73.1 Å². The van der Waals surface area contributed by atoms with Crippen molar-refractivity contribution in [1.29, 1.82) is 0 Å². The van der Waals surface area contributed by atoms with Crippen molar-refractivity contribution in [3.05, 3.63) is 59.7 Å². The number of carbonyl (C=O) groups excluding carboxylic acids is 2. The Labute approximate surface area is 199 Å². The molecule has 174 valence electrons. The Hall–Kier alpha value is -3.39. The van der Waals surface area contributed by atoms with Crippen molar-refractivity contribution in [2.45, 2.75) is 38.1 Å².